The Labute approximate surface area is 137 Å². The first-order valence-corrected chi connectivity index (χ1v) is 7.68. The highest BCUT2D eigenvalue weighted by atomic mass is 127. The summed E-state index contributed by atoms with van der Waals surface area (Å²) in [5, 5.41) is 0. The smallest absolute Gasteiger partial charge is 0.123 e. The number of halogens is 2. The van der Waals surface area contributed by atoms with Crippen LogP contribution >= 0.6 is 22.6 Å². The minimum atomic E-state index is -0.227. The molecule has 0 unspecified atom stereocenters. The highest BCUT2D eigenvalue weighted by Crippen LogP contribution is 2.34. The molecule has 0 radical (unpaired) electrons. The summed E-state index contributed by atoms with van der Waals surface area (Å²) in [6.07, 6.45) is 0. The zero-order valence-electron chi connectivity index (χ0n) is 11.2. The van der Waals surface area contributed by atoms with E-state index in [4.69, 9.17) is 0 Å². The Hall–Kier alpha value is -1.88. The fourth-order valence-electron chi connectivity index (χ4n) is 2.20. The maximum Gasteiger partial charge on any atom is 0.123 e. The van der Waals surface area contributed by atoms with Crippen LogP contribution in [-0.2, 0) is 0 Å². The van der Waals surface area contributed by atoms with Crippen LogP contribution in [0.5, 0.6) is 0 Å². The van der Waals surface area contributed by atoms with Gasteiger partial charge in [0.15, 0.2) is 0 Å². The molecule has 0 saturated carbocycles. The molecule has 3 heteroatoms. The molecule has 0 aliphatic carbocycles. The quantitative estimate of drug-likeness (QED) is 0.504. The van der Waals surface area contributed by atoms with E-state index in [0.29, 0.717) is 0 Å². The third-order valence-electron chi connectivity index (χ3n) is 3.18. The summed E-state index contributed by atoms with van der Waals surface area (Å²) >= 11 is 2.29. The monoisotopic (exact) mass is 389 g/mol. The molecular weight excluding hydrogens is 376 g/mol. The third-order valence-corrected chi connectivity index (χ3v) is 3.90. The normalized spacial score (nSPS) is 10.4. The van der Waals surface area contributed by atoms with Gasteiger partial charge in [0.05, 0.1) is 0 Å². The van der Waals surface area contributed by atoms with Crippen molar-refractivity contribution in [3.05, 3.63) is 88.3 Å². The average Bonchev–Trinajstić information content (AvgIpc) is 2.52. The molecule has 1 nitrogen and oxygen atoms in total. The second-order valence-electron chi connectivity index (χ2n) is 4.62. The number of nitrogens with zero attached hydrogens (tertiary/aromatic N) is 1. The molecule has 3 aromatic carbocycles. The van der Waals surface area contributed by atoms with Crippen molar-refractivity contribution in [2.75, 3.05) is 4.90 Å². The first-order chi connectivity index (χ1) is 10.2. The second-order valence-corrected chi connectivity index (χ2v) is 5.87. The van der Waals surface area contributed by atoms with Gasteiger partial charge in [0.25, 0.3) is 0 Å². The van der Waals surface area contributed by atoms with E-state index in [1.54, 1.807) is 12.1 Å². The van der Waals surface area contributed by atoms with Crippen LogP contribution in [0.25, 0.3) is 0 Å². The second kappa shape index (κ2) is 6.26. The van der Waals surface area contributed by atoms with Gasteiger partial charge in [-0.25, -0.2) is 4.39 Å². The van der Waals surface area contributed by atoms with Gasteiger partial charge in [-0.3, -0.25) is 0 Å². The lowest BCUT2D eigenvalue weighted by Crippen LogP contribution is -2.09. The predicted octanol–water partition coefficient (Wildman–Crippen LogP) is 5.90. The molecule has 0 aliphatic heterocycles. The molecule has 0 atom stereocenters. The average molecular weight is 389 g/mol. The van der Waals surface area contributed by atoms with Crippen LogP contribution in [-0.4, -0.2) is 0 Å². The molecule has 0 aliphatic rings. The lowest BCUT2D eigenvalue weighted by atomic mass is 10.2. The Balaban J connectivity index is 2.11. The third kappa shape index (κ3) is 3.24. The van der Waals surface area contributed by atoms with Crippen molar-refractivity contribution in [1.82, 2.24) is 0 Å². The Morgan fingerprint density at radius 2 is 1.10 bits per heavy atom. The topological polar surface area (TPSA) is 3.24 Å². The minimum absolute atomic E-state index is 0.227. The number of hydrogen-bond acceptors (Lipinski definition) is 1. The van der Waals surface area contributed by atoms with Crippen molar-refractivity contribution in [1.29, 1.82) is 0 Å². The van der Waals surface area contributed by atoms with Gasteiger partial charge in [0.1, 0.15) is 5.82 Å². The summed E-state index contributed by atoms with van der Waals surface area (Å²) in [5.74, 6) is -0.227. The van der Waals surface area contributed by atoms with Crippen LogP contribution in [0.4, 0.5) is 21.5 Å². The summed E-state index contributed by atoms with van der Waals surface area (Å²) in [6.45, 7) is 0. The van der Waals surface area contributed by atoms with E-state index in [9.17, 15) is 4.39 Å². The van der Waals surface area contributed by atoms with Crippen molar-refractivity contribution < 1.29 is 4.39 Å². The molecule has 0 saturated heterocycles. The van der Waals surface area contributed by atoms with Crippen LogP contribution in [0.1, 0.15) is 0 Å². The fourth-order valence-corrected chi connectivity index (χ4v) is 2.56. The van der Waals surface area contributed by atoms with Gasteiger partial charge < -0.3 is 4.90 Å². The van der Waals surface area contributed by atoms with E-state index in [-0.39, 0.29) is 5.82 Å². The van der Waals surface area contributed by atoms with Gasteiger partial charge in [0, 0.05) is 20.6 Å². The molecule has 21 heavy (non-hydrogen) atoms. The summed E-state index contributed by atoms with van der Waals surface area (Å²) in [4.78, 5) is 2.11. The SMILES string of the molecule is Fc1ccc(N(c2ccccc2)c2ccc(I)cc2)cc1. The fraction of sp³-hybridized carbons (Fsp3) is 0. The molecule has 0 heterocycles. The highest BCUT2D eigenvalue weighted by Gasteiger charge is 2.11. The van der Waals surface area contributed by atoms with Crippen LogP contribution in [0.15, 0.2) is 78.9 Å². The summed E-state index contributed by atoms with van der Waals surface area (Å²) in [5.41, 5.74) is 3.03. The number of benzene rings is 3. The van der Waals surface area contributed by atoms with Crippen molar-refractivity contribution in [2.24, 2.45) is 0 Å². The van der Waals surface area contributed by atoms with Crippen LogP contribution < -0.4 is 4.90 Å². The largest absolute Gasteiger partial charge is 0.311 e. The van der Waals surface area contributed by atoms with Gasteiger partial charge in [-0.15, -0.1) is 0 Å². The van der Waals surface area contributed by atoms with E-state index >= 15 is 0 Å². The van der Waals surface area contributed by atoms with Crippen molar-refractivity contribution in [2.45, 2.75) is 0 Å². The molecular formula is C18H13FIN. The van der Waals surface area contributed by atoms with Gasteiger partial charge in [0.2, 0.25) is 0 Å². The van der Waals surface area contributed by atoms with Crippen LogP contribution in [0.3, 0.4) is 0 Å². The molecule has 104 valence electrons. The van der Waals surface area contributed by atoms with Gasteiger partial charge >= 0.3 is 0 Å². The van der Waals surface area contributed by atoms with Gasteiger partial charge in [-0.2, -0.15) is 0 Å². The Kier molecular flexibility index (Phi) is 4.20. The summed E-state index contributed by atoms with van der Waals surface area (Å²) < 4.78 is 14.4. The maximum absolute atomic E-state index is 13.2. The molecule has 0 amide bonds. The van der Waals surface area contributed by atoms with Gasteiger partial charge in [-0.1, -0.05) is 18.2 Å². The minimum Gasteiger partial charge on any atom is -0.311 e. The van der Waals surface area contributed by atoms with E-state index in [1.807, 2.05) is 30.3 Å². The number of para-hydroxylation sites is 1. The standard InChI is InChI=1S/C18H13FIN/c19-14-6-10-17(11-7-14)21(16-4-2-1-3-5-16)18-12-8-15(20)9-13-18/h1-13H. The summed E-state index contributed by atoms with van der Waals surface area (Å²) in [6, 6.07) is 24.9. The lowest BCUT2D eigenvalue weighted by molar-refractivity contribution is 0.628. The molecule has 3 aromatic rings. The Morgan fingerprint density at radius 3 is 1.67 bits per heavy atom. The Morgan fingerprint density at radius 1 is 0.619 bits per heavy atom. The summed E-state index contributed by atoms with van der Waals surface area (Å²) in [7, 11) is 0. The molecule has 3 rings (SSSR count). The molecule has 0 bridgehead atoms. The van der Waals surface area contributed by atoms with Gasteiger partial charge in [-0.05, 0) is 83.3 Å². The molecule has 0 fully saturated rings. The van der Waals surface area contributed by atoms with E-state index < -0.39 is 0 Å². The zero-order chi connectivity index (χ0) is 14.7. The van der Waals surface area contributed by atoms with E-state index in [1.165, 1.54) is 15.7 Å². The van der Waals surface area contributed by atoms with Crippen LogP contribution in [0.2, 0.25) is 0 Å². The number of rotatable bonds is 3. The van der Waals surface area contributed by atoms with E-state index in [2.05, 4.69) is 51.8 Å². The maximum atomic E-state index is 13.2. The molecule has 0 N–H and O–H groups in total. The Bertz CT molecular complexity index is 663. The molecule has 0 aromatic heterocycles. The lowest BCUT2D eigenvalue weighted by Gasteiger charge is -2.25. The first-order valence-electron chi connectivity index (χ1n) is 6.60. The van der Waals surface area contributed by atoms with Crippen molar-refractivity contribution in [3.8, 4) is 0 Å². The van der Waals surface area contributed by atoms with Crippen molar-refractivity contribution in [3.63, 3.8) is 0 Å². The molecule has 0 spiro atoms. The number of anilines is 3. The zero-order valence-corrected chi connectivity index (χ0v) is 13.4. The highest BCUT2D eigenvalue weighted by molar-refractivity contribution is 14.1. The first kappa shape index (κ1) is 14.1. The van der Waals surface area contributed by atoms with Crippen LogP contribution in [0, 0.1) is 9.39 Å². The van der Waals surface area contributed by atoms with E-state index in [0.717, 1.165) is 17.1 Å². The number of hydrogen-bond donors (Lipinski definition) is 0. The van der Waals surface area contributed by atoms with Crippen molar-refractivity contribution >= 4 is 39.7 Å². The predicted molar refractivity (Wildman–Crippen MR) is 93.8 cm³/mol.